The standard InChI is InChI=1S/C10H8O5/c1-15-10(14)9(13)8(12)6-4-2-3-5-7(6)11/h2-5,11H,1H3. The molecule has 0 amide bonds. The Labute approximate surface area is 85.3 Å². The van der Waals surface area contributed by atoms with Gasteiger partial charge in [0.15, 0.2) is 0 Å². The van der Waals surface area contributed by atoms with Gasteiger partial charge in [0, 0.05) is 0 Å². The van der Waals surface area contributed by atoms with Crippen molar-refractivity contribution in [3.63, 3.8) is 0 Å². The highest BCUT2D eigenvalue weighted by molar-refractivity contribution is 6.65. The topological polar surface area (TPSA) is 80.7 Å². The number of carbonyl (C=O) groups excluding carboxylic acids is 3. The molecule has 0 saturated carbocycles. The third kappa shape index (κ3) is 2.19. The largest absolute Gasteiger partial charge is 0.507 e. The zero-order chi connectivity index (χ0) is 11.4. The molecule has 0 aliphatic carbocycles. The maximum absolute atomic E-state index is 11.4. The Bertz CT molecular complexity index is 422. The van der Waals surface area contributed by atoms with Crippen molar-refractivity contribution in [2.24, 2.45) is 0 Å². The summed E-state index contributed by atoms with van der Waals surface area (Å²) in [7, 11) is 0.998. The molecule has 0 aromatic heterocycles. The Morgan fingerprint density at radius 1 is 1.20 bits per heavy atom. The predicted octanol–water partition coefficient (Wildman–Crippen LogP) is 0.317. The lowest BCUT2D eigenvalue weighted by molar-refractivity contribution is -0.149. The Morgan fingerprint density at radius 2 is 1.80 bits per heavy atom. The van der Waals surface area contributed by atoms with Crippen molar-refractivity contribution < 1.29 is 24.2 Å². The van der Waals surface area contributed by atoms with Gasteiger partial charge in [-0.1, -0.05) is 12.1 Å². The van der Waals surface area contributed by atoms with Gasteiger partial charge in [-0.2, -0.15) is 0 Å². The van der Waals surface area contributed by atoms with Crippen molar-refractivity contribution in [3.05, 3.63) is 29.8 Å². The van der Waals surface area contributed by atoms with Crippen molar-refractivity contribution in [1.82, 2.24) is 0 Å². The molecule has 5 nitrogen and oxygen atoms in total. The number of methoxy groups -OCH3 is 1. The number of aromatic hydroxyl groups is 1. The molecule has 1 aromatic carbocycles. The number of benzene rings is 1. The van der Waals surface area contributed by atoms with Crippen molar-refractivity contribution in [3.8, 4) is 5.75 Å². The zero-order valence-corrected chi connectivity index (χ0v) is 7.89. The van der Waals surface area contributed by atoms with E-state index >= 15 is 0 Å². The van der Waals surface area contributed by atoms with Gasteiger partial charge in [0.2, 0.25) is 5.78 Å². The van der Waals surface area contributed by atoms with E-state index in [1.54, 1.807) is 0 Å². The van der Waals surface area contributed by atoms with Gasteiger partial charge >= 0.3 is 11.8 Å². The minimum absolute atomic E-state index is 0.215. The lowest BCUT2D eigenvalue weighted by atomic mass is 10.1. The Morgan fingerprint density at radius 3 is 2.33 bits per heavy atom. The monoisotopic (exact) mass is 208 g/mol. The molecule has 0 spiro atoms. The summed E-state index contributed by atoms with van der Waals surface area (Å²) in [5, 5.41) is 9.26. The third-order valence-corrected chi connectivity index (χ3v) is 1.73. The minimum Gasteiger partial charge on any atom is -0.507 e. The lowest BCUT2D eigenvalue weighted by Gasteiger charge is -2.00. The summed E-state index contributed by atoms with van der Waals surface area (Å²) >= 11 is 0. The molecule has 0 aliphatic rings. The third-order valence-electron chi connectivity index (χ3n) is 1.73. The van der Waals surface area contributed by atoms with Crippen LogP contribution in [0, 0.1) is 0 Å². The minimum atomic E-state index is -1.31. The van der Waals surface area contributed by atoms with Crippen molar-refractivity contribution >= 4 is 17.5 Å². The smallest absolute Gasteiger partial charge is 0.383 e. The van der Waals surface area contributed by atoms with Crippen LogP contribution in [0.25, 0.3) is 0 Å². The molecule has 0 heterocycles. The number of ketones is 2. The molecule has 5 heteroatoms. The van der Waals surface area contributed by atoms with Gasteiger partial charge in [-0.25, -0.2) is 4.79 Å². The quantitative estimate of drug-likeness (QED) is 0.335. The fourth-order valence-corrected chi connectivity index (χ4v) is 0.973. The SMILES string of the molecule is COC(=O)C(=O)C(=O)c1ccccc1O. The van der Waals surface area contributed by atoms with Gasteiger partial charge in [0.1, 0.15) is 5.75 Å². The van der Waals surface area contributed by atoms with E-state index < -0.39 is 17.5 Å². The predicted molar refractivity (Wildman–Crippen MR) is 49.5 cm³/mol. The molecular weight excluding hydrogens is 200 g/mol. The molecule has 0 fully saturated rings. The second kappa shape index (κ2) is 4.36. The summed E-state index contributed by atoms with van der Waals surface area (Å²) in [5.41, 5.74) is -0.215. The van der Waals surface area contributed by atoms with Crippen LogP contribution in [0.2, 0.25) is 0 Å². The average molecular weight is 208 g/mol. The summed E-state index contributed by atoms with van der Waals surface area (Å²) in [6.45, 7) is 0. The number of phenolic OH excluding ortho intramolecular Hbond substituents is 1. The first-order valence-corrected chi connectivity index (χ1v) is 4.03. The number of carbonyl (C=O) groups is 3. The number of ether oxygens (including phenoxy) is 1. The molecule has 1 rings (SSSR count). The summed E-state index contributed by atoms with van der Waals surface area (Å²) < 4.78 is 4.10. The van der Waals surface area contributed by atoms with Gasteiger partial charge in [-0.15, -0.1) is 0 Å². The van der Waals surface area contributed by atoms with Crippen LogP contribution in [-0.4, -0.2) is 29.8 Å². The van der Waals surface area contributed by atoms with Crippen LogP contribution >= 0.6 is 0 Å². The fraction of sp³-hybridized carbons (Fsp3) is 0.100. The number of Topliss-reactive ketones (excluding diaryl/α,β-unsaturated/α-hetero) is 2. The molecule has 1 N–H and O–H groups in total. The number of para-hydroxylation sites is 1. The number of hydrogen-bond donors (Lipinski definition) is 1. The Hall–Kier alpha value is -2.17. The fourth-order valence-electron chi connectivity index (χ4n) is 0.973. The number of rotatable bonds is 3. The van der Waals surface area contributed by atoms with Crippen molar-refractivity contribution in [1.29, 1.82) is 0 Å². The Kier molecular flexibility index (Phi) is 3.17. The van der Waals surface area contributed by atoms with E-state index in [9.17, 15) is 19.5 Å². The van der Waals surface area contributed by atoms with E-state index in [2.05, 4.69) is 4.74 Å². The highest BCUT2D eigenvalue weighted by Gasteiger charge is 2.26. The first-order chi connectivity index (χ1) is 7.07. The van der Waals surface area contributed by atoms with E-state index in [1.807, 2.05) is 0 Å². The summed E-state index contributed by atoms with van der Waals surface area (Å²) in [4.78, 5) is 33.2. The van der Waals surface area contributed by atoms with Gasteiger partial charge in [0.05, 0.1) is 12.7 Å². The van der Waals surface area contributed by atoms with Crippen LogP contribution in [0.15, 0.2) is 24.3 Å². The molecule has 0 unspecified atom stereocenters. The van der Waals surface area contributed by atoms with E-state index in [4.69, 9.17) is 0 Å². The molecule has 0 saturated heterocycles. The van der Waals surface area contributed by atoms with Gasteiger partial charge in [-0.05, 0) is 12.1 Å². The molecule has 0 radical (unpaired) electrons. The summed E-state index contributed by atoms with van der Waals surface area (Å²) in [5.74, 6) is -3.98. The van der Waals surface area contributed by atoms with Crippen LogP contribution in [0.5, 0.6) is 5.75 Å². The van der Waals surface area contributed by atoms with Crippen molar-refractivity contribution in [2.45, 2.75) is 0 Å². The first-order valence-electron chi connectivity index (χ1n) is 4.03. The molecule has 0 aliphatic heterocycles. The lowest BCUT2D eigenvalue weighted by Crippen LogP contribution is -2.25. The summed E-state index contributed by atoms with van der Waals surface area (Å²) in [6.07, 6.45) is 0. The first kappa shape index (κ1) is 10.9. The zero-order valence-electron chi connectivity index (χ0n) is 7.89. The number of phenols is 1. The van der Waals surface area contributed by atoms with Gasteiger partial charge in [-0.3, -0.25) is 9.59 Å². The highest BCUT2D eigenvalue weighted by Crippen LogP contribution is 2.16. The van der Waals surface area contributed by atoms with Gasteiger partial charge in [0.25, 0.3) is 0 Å². The highest BCUT2D eigenvalue weighted by atomic mass is 16.5. The second-order valence-corrected chi connectivity index (χ2v) is 2.67. The van der Waals surface area contributed by atoms with Crippen LogP contribution < -0.4 is 0 Å². The van der Waals surface area contributed by atoms with Crippen molar-refractivity contribution in [2.75, 3.05) is 7.11 Å². The second-order valence-electron chi connectivity index (χ2n) is 2.67. The molecule has 15 heavy (non-hydrogen) atoms. The maximum Gasteiger partial charge on any atom is 0.383 e. The average Bonchev–Trinajstić information content (AvgIpc) is 2.26. The molecule has 0 bridgehead atoms. The van der Waals surface area contributed by atoms with Crippen LogP contribution in [-0.2, 0) is 14.3 Å². The van der Waals surface area contributed by atoms with E-state index in [-0.39, 0.29) is 11.3 Å². The molecule has 0 atom stereocenters. The molecule has 1 aromatic rings. The molecular formula is C10H8O5. The van der Waals surface area contributed by atoms with Crippen LogP contribution in [0.1, 0.15) is 10.4 Å². The van der Waals surface area contributed by atoms with E-state index in [0.717, 1.165) is 7.11 Å². The van der Waals surface area contributed by atoms with Gasteiger partial charge < -0.3 is 9.84 Å². The number of hydrogen-bond acceptors (Lipinski definition) is 5. The van der Waals surface area contributed by atoms with E-state index in [1.165, 1.54) is 24.3 Å². The summed E-state index contributed by atoms with van der Waals surface area (Å²) in [6, 6.07) is 5.46. The number of esters is 1. The van der Waals surface area contributed by atoms with Crippen LogP contribution in [0.4, 0.5) is 0 Å². The van der Waals surface area contributed by atoms with Crippen LogP contribution in [0.3, 0.4) is 0 Å². The van der Waals surface area contributed by atoms with E-state index in [0.29, 0.717) is 0 Å². The normalized spacial score (nSPS) is 9.40. The maximum atomic E-state index is 11.4. The Balaban J connectivity index is 3.01. The molecule has 78 valence electrons.